The molecule has 0 radical (unpaired) electrons. The standard InChI is InChI=1S/C26H20F2N4O2/c27-18-3-1-16(2-4-18)14-31-10-8-26(25(31)34)22-6-5-19(28)12-21(22)24(33)32(26)15-20-11-17-7-9-29-13-23(17)30-20/h1-7,9,11-13,30H,8,10,14-15H2/t26-/m0/s1. The first-order valence-corrected chi connectivity index (χ1v) is 11.0. The first kappa shape index (κ1) is 20.5. The molecule has 1 saturated heterocycles. The highest BCUT2D eigenvalue weighted by atomic mass is 19.1. The van der Waals surface area contributed by atoms with Gasteiger partial charge in [0.05, 0.1) is 18.3 Å². The van der Waals surface area contributed by atoms with E-state index in [0.717, 1.165) is 22.2 Å². The summed E-state index contributed by atoms with van der Waals surface area (Å²) >= 11 is 0. The van der Waals surface area contributed by atoms with Crippen LogP contribution in [-0.2, 0) is 23.4 Å². The van der Waals surface area contributed by atoms with Crippen LogP contribution < -0.4 is 0 Å². The molecule has 2 aromatic carbocycles. The van der Waals surface area contributed by atoms with Crippen LogP contribution >= 0.6 is 0 Å². The van der Waals surface area contributed by atoms with Crippen molar-refractivity contribution in [3.8, 4) is 0 Å². The number of hydrogen-bond donors (Lipinski definition) is 1. The molecule has 4 aromatic rings. The van der Waals surface area contributed by atoms with E-state index in [2.05, 4.69) is 9.97 Å². The Morgan fingerprint density at radius 2 is 1.76 bits per heavy atom. The maximum atomic E-state index is 14.1. The van der Waals surface area contributed by atoms with Gasteiger partial charge < -0.3 is 14.8 Å². The van der Waals surface area contributed by atoms with E-state index in [4.69, 9.17) is 0 Å². The zero-order valence-electron chi connectivity index (χ0n) is 18.1. The van der Waals surface area contributed by atoms with Crippen molar-refractivity contribution >= 4 is 22.7 Å². The van der Waals surface area contributed by atoms with Gasteiger partial charge in [0.1, 0.15) is 17.2 Å². The number of nitrogens with zero attached hydrogens (tertiary/aromatic N) is 3. The van der Waals surface area contributed by atoms with E-state index >= 15 is 0 Å². The molecule has 2 amide bonds. The molecule has 1 fully saturated rings. The maximum absolute atomic E-state index is 14.1. The molecule has 0 saturated carbocycles. The van der Waals surface area contributed by atoms with Crippen molar-refractivity contribution in [2.24, 2.45) is 0 Å². The van der Waals surface area contributed by atoms with Gasteiger partial charge in [-0.15, -0.1) is 0 Å². The fraction of sp³-hybridized carbons (Fsp3) is 0.192. The number of hydrogen-bond acceptors (Lipinski definition) is 3. The average Bonchev–Trinajstić information content (AvgIpc) is 3.46. The third-order valence-electron chi connectivity index (χ3n) is 6.84. The van der Waals surface area contributed by atoms with Crippen molar-refractivity contribution < 1.29 is 18.4 Å². The lowest BCUT2D eigenvalue weighted by Gasteiger charge is -2.34. The number of fused-ring (bicyclic) bond motifs is 3. The summed E-state index contributed by atoms with van der Waals surface area (Å²) in [5.41, 5.74) is 1.92. The predicted octanol–water partition coefficient (Wildman–Crippen LogP) is 4.12. The van der Waals surface area contributed by atoms with Crippen LogP contribution in [0.4, 0.5) is 8.78 Å². The summed E-state index contributed by atoms with van der Waals surface area (Å²) in [4.78, 5) is 38.0. The van der Waals surface area contributed by atoms with Crippen LogP contribution in [0.2, 0.25) is 0 Å². The summed E-state index contributed by atoms with van der Waals surface area (Å²) in [7, 11) is 0. The predicted molar refractivity (Wildman–Crippen MR) is 120 cm³/mol. The molecule has 1 spiro atoms. The van der Waals surface area contributed by atoms with Crippen LogP contribution in [0.3, 0.4) is 0 Å². The van der Waals surface area contributed by atoms with Crippen molar-refractivity contribution in [2.75, 3.05) is 6.54 Å². The number of halogens is 2. The second-order valence-electron chi connectivity index (χ2n) is 8.80. The fourth-order valence-corrected chi connectivity index (χ4v) is 5.24. The molecule has 1 atom stereocenters. The molecule has 1 N–H and O–H groups in total. The lowest BCUT2D eigenvalue weighted by molar-refractivity contribution is -0.137. The van der Waals surface area contributed by atoms with Gasteiger partial charge in [-0.2, -0.15) is 0 Å². The Bertz CT molecular complexity index is 1420. The quantitative estimate of drug-likeness (QED) is 0.500. The molecule has 6 nitrogen and oxygen atoms in total. The van der Waals surface area contributed by atoms with Crippen LogP contribution in [0.1, 0.15) is 33.6 Å². The first-order valence-electron chi connectivity index (χ1n) is 11.0. The first-order chi connectivity index (χ1) is 16.5. The number of benzene rings is 2. The molecular weight excluding hydrogens is 438 g/mol. The molecule has 2 aliphatic rings. The minimum Gasteiger partial charge on any atom is -0.356 e. The van der Waals surface area contributed by atoms with E-state index in [1.165, 1.54) is 24.3 Å². The van der Waals surface area contributed by atoms with Crippen LogP contribution in [0, 0.1) is 11.6 Å². The zero-order chi connectivity index (χ0) is 23.4. The minimum absolute atomic E-state index is 0.167. The number of aromatic nitrogens is 2. The third kappa shape index (κ3) is 3.02. The molecule has 0 unspecified atom stereocenters. The lowest BCUT2D eigenvalue weighted by Crippen LogP contribution is -2.49. The number of carbonyl (C=O) groups excluding carboxylic acids is 2. The molecule has 6 rings (SSSR count). The molecule has 0 bridgehead atoms. The van der Waals surface area contributed by atoms with Gasteiger partial charge in [0.25, 0.3) is 11.8 Å². The van der Waals surface area contributed by atoms with Crippen molar-refractivity contribution in [1.82, 2.24) is 19.8 Å². The Hall–Kier alpha value is -4.07. The van der Waals surface area contributed by atoms with Crippen molar-refractivity contribution in [3.05, 3.63) is 101 Å². The van der Waals surface area contributed by atoms with E-state index < -0.39 is 11.4 Å². The Morgan fingerprint density at radius 1 is 0.971 bits per heavy atom. The van der Waals surface area contributed by atoms with E-state index in [9.17, 15) is 18.4 Å². The number of pyridine rings is 1. The summed E-state index contributed by atoms with van der Waals surface area (Å²) in [6.07, 6.45) is 3.78. The number of likely N-dealkylation sites (tertiary alicyclic amines) is 1. The maximum Gasteiger partial charge on any atom is 0.255 e. The molecule has 8 heteroatoms. The average molecular weight is 458 g/mol. The van der Waals surface area contributed by atoms with Crippen molar-refractivity contribution in [2.45, 2.75) is 25.0 Å². The molecule has 170 valence electrons. The number of nitrogens with one attached hydrogen (secondary N) is 1. The molecule has 34 heavy (non-hydrogen) atoms. The lowest BCUT2D eigenvalue weighted by atomic mass is 9.87. The van der Waals surface area contributed by atoms with Crippen molar-refractivity contribution in [3.63, 3.8) is 0 Å². The highest BCUT2D eigenvalue weighted by Crippen LogP contribution is 2.47. The molecule has 2 aliphatic heterocycles. The Kier molecular flexibility index (Phi) is 4.52. The third-order valence-corrected chi connectivity index (χ3v) is 6.84. The number of aromatic amines is 1. The number of amides is 2. The number of rotatable bonds is 4. The van der Waals surface area contributed by atoms with Gasteiger partial charge >= 0.3 is 0 Å². The van der Waals surface area contributed by atoms with Crippen LogP contribution in [0.15, 0.2) is 67.0 Å². The van der Waals surface area contributed by atoms with Gasteiger partial charge in [-0.1, -0.05) is 18.2 Å². The zero-order valence-corrected chi connectivity index (χ0v) is 18.1. The number of carbonyl (C=O) groups is 2. The van der Waals surface area contributed by atoms with Crippen LogP contribution in [0.25, 0.3) is 10.9 Å². The fourth-order valence-electron chi connectivity index (χ4n) is 5.24. The van der Waals surface area contributed by atoms with Crippen molar-refractivity contribution in [1.29, 1.82) is 0 Å². The summed E-state index contributed by atoms with van der Waals surface area (Å²) in [5, 5.41) is 0.949. The van der Waals surface area contributed by atoms with E-state index in [-0.39, 0.29) is 29.7 Å². The SMILES string of the molecule is O=C1c2cc(F)ccc2[C@]2(CCN(Cc3ccc(F)cc3)C2=O)N1Cc1cc2ccncc2[nH]1. The van der Waals surface area contributed by atoms with Crippen LogP contribution in [0.5, 0.6) is 0 Å². The Balaban J connectivity index is 1.40. The van der Waals surface area contributed by atoms with Gasteiger partial charge in [0.2, 0.25) is 0 Å². The molecule has 2 aromatic heterocycles. The van der Waals surface area contributed by atoms with E-state index in [1.54, 1.807) is 40.4 Å². The second kappa shape index (κ2) is 7.48. The topological polar surface area (TPSA) is 69.3 Å². The van der Waals surface area contributed by atoms with Gasteiger partial charge in [-0.25, -0.2) is 8.78 Å². The number of H-pyrrole nitrogens is 1. The summed E-state index contributed by atoms with van der Waals surface area (Å²) in [6.45, 7) is 0.894. The monoisotopic (exact) mass is 458 g/mol. The summed E-state index contributed by atoms with van der Waals surface area (Å²) < 4.78 is 27.4. The normalized spacial score (nSPS) is 19.6. The van der Waals surface area contributed by atoms with E-state index in [0.29, 0.717) is 25.1 Å². The van der Waals surface area contributed by atoms with Gasteiger partial charge in [0.15, 0.2) is 0 Å². The minimum atomic E-state index is -1.21. The molecular formula is C26H20F2N4O2. The summed E-state index contributed by atoms with van der Waals surface area (Å²) in [5.74, 6) is -1.45. The van der Waals surface area contributed by atoms with Gasteiger partial charge in [0, 0.05) is 47.9 Å². The van der Waals surface area contributed by atoms with E-state index in [1.807, 2.05) is 12.1 Å². The van der Waals surface area contributed by atoms with Crippen LogP contribution in [-0.4, -0.2) is 38.1 Å². The Labute approximate surface area is 193 Å². The highest BCUT2D eigenvalue weighted by molar-refractivity contribution is 6.07. The largest absolute Gasteiger partial charge is 0.356 e. The molecule has 4 heterocycles. The Morgan fingerprint density at radius 3 is 2.56 bits per heavy atom. The summed E-state index contributed by atoms with van der Waals surface area (Å²) in [6, 6.07) is 13.9. The second-order valence-corrected chi connectivity index (χ2v) is 8.80. The van der Waals surface area contributed by atoms with Gasteiger partial charge in [-0.3, -0.25) is 14.6 Å². The smallest absolute Gasteiger partial charge is 0.255 e. The molecule has 0 aliphatic carbocycles. The highest BCUT2D eigenvalue weighted by Gasteiger charge is 2.59. The van der Waals surface area contributed by atoms with Gasteiger partial charge in [-0.05, 0) is 42.0 Å².